The average molecular weight is 268 g/mol. The summed E-state index contributed by atoms with van der Waals surface area (Å²) in [4.78, 5) is 13.0. The second-order valence-electron chi connectivity index (χ2n) is 2.84. The third kappa shape index (κ3) is 3.55. The van der Waals surface area contributed by atoms with Gasteiger partial charge in [0.05, 0.1) is 0 Å². The molecule has 0 radical (unpaired) electrons. The lowest BCUT2D eigenvalue weighted by molar-refractivity contribution is 0.0702. The highest BCUT2D eigenvalue weighted by Crippen LogP contribution is 2.23. The summed E-state index contributed by atoms with van der Waals surface area (Å²) >= 11 is 12.5. The SMILES string of the molecule is O=C(O)c1cc(N(CCCl)CCCl)cs1. The Morgan fingerprint density at radius 3 is 2.40 bits per heavy atom. The summed E-state index contributed by atoms with van der Waals surface area (Å²) in [5.41, 5.74) is 0.874. The third-order valence-corrected chi connectivity index (χ3v) is 3.11. The van der Waals surface area contributed by atoms with Crippen molar-refractivity contribution in [1.29, 1.82) is 0 Å². The van der Waals surface area contributed by atoms with E-state index < -0.39 is 5.97 Å². The van der Waals surface area contributed by atoms with Crippen LogP contribution in [0.2, 0.25) is 0 Å². The molecule has 0 aromatic carbocycles. The molecule has 15 heavy (non-hydrogen) atoms. The van der Waals surface area contributed by atoms with Crippen molar-refractivity contribution < 1.29 is 9.90 Å². The van der Waals surface area contributed by atoms with E-state index >= 15 is 0 Å². The highest BCUT2D eigenvalue weighted by molar-refractivity contribution is 7.12. The number of nitrogens with zero attached hydrogens (tertiary/aromatic N) is 1. The lowest BCUT2D eigenvalue weighted by Gasteiger charge is -2.20. The van der Waals surface area contributed by atoms with Gasteiger partial charge in [-0.25, -0.2) is 4.79 Å². The van der Waals surface area contributed by atoms with Crippen LogP contribution in [0.15, 0.2) is 11.4 Å². The molecule has 1 rings (SSSR count). The Morgan fingerprint density at radius 2 is 2.00 bits per heavy atom. The summed E-state index contributed by atoms with van der Waals surface area (Å²) in [7, 11) is 0. The zero-order chi connectivity index (χ0) is 11.3. The first-order chi connectivity index (χ1) is 7.19. The zero-order valence-corrected chi connectivity index (χ0v) is 10.3. The second-order valence-corrected chi connectivity index (χ2v) is 4.51. The fraction of sp³-hybridized carbons (Fsp3) is 0.444. The van der Waals surface area contributed by atoms with Gasteiger partial charge in [0.1, 0.15) is 4.88 Å². The fourth-order valence-electron chi connectivity index (χ4n) is 1.18. The molecular formula is C9H11Cl2NO2S. The molecule has 6 heteroatoms. The monoisotopic (exact) mass is 267 g/mol. The molecule has 0 amide bonds. The molecular weight excluding hydrogens is 257 g/mol. The number of carboxylic acids is 1. The molecule has 1 N–H and O–H groups in total. The van der Waals surface area contributed by atoms with Gasteiger partial charge in [0, 0.05) is 35.9 Å². The molecule has 0 aliphatic rings. The van der Waals surface area contributed by atoms with Gasteiger partial charge in [0.25, 0.3) is 0 Å². The van der Waals surface area contributed by atoms with Crippen molar-refractivity contribution in [2.24, 2.45) is 0 Å². The van der Waals surface area contributed by atoms with Crippen LogP contribution in [0.1, 0.15) is 9.67 Å². The largest absolute Gasteiger partial charge is 0.477 e. The van der Waals surface area contributed by atoms with E-state index in [1.807, 2.05) is 10.3 Å². The number of alkyl halides is 2. The van der Waals surface area contributed by atoms with Crippen LogP contribution in [0.5, 0.6) is 0 Å². The molecule has 1 heterocycles. The number of carbonyl (C=O) groups is 1. The van der Waals surface area contributed by atoms with Crippen molar-refractivity contribution in [2.45, 2.75) is 0 Å². The minimum Gasteiger partial charge on any atom is -0.477 e. The molecule has 3 nitrogen and oxygen atoms in total. The van der Waals surface area contributed by atoms with Gasteiger partial charge < -0.3 is 10.0 Å². The summed E-state index contributed by atoms with van der Waals surface area (Å²) < 4.78 is 0. The van der Waals surface area contributed by atoms with E-state index in [9.17, 15) is 4.79 Å². The van der Waals surface area contributed by atoms with Crippen LogP contribution in [0.3, 0.4) is 0 Å². The molecule has 0 aliphatic heterocycles. The van der Waals surface area contributed by atoms with E-state index in [0.717, 1.165) is 5.69 Å². The van der Waals surface area contributed by atoms with Crippen molar-refractivity contribution in [3.8, 4) is 0 Å². The van der Waals surface area contributed by atoms with Crippen molar-refractivity contribution in [3.63, 3.8) is 0 Å². The average Bonchev–Trinajstić information content (AvgIpc) is 2.66. The maximum Gasteiger partial charge on any atom is 0.345 e. The van der Waals surface area contributed by atoms with E-state index in [2.05, 4.69) is 0 Å². The Kier molecular flexibility index (Phi) is 5.22. The van der Waals surface area contributed by atoms with Crippen molar-refractivity contribution in [3.05, 3.63) is 16.3 Å². The summed E-state index contributed by atoms with van der Waals surface area (Å²) in [6, 6.07) is 1.64. The van der Waals surface area contributed by atoms with Gasteiger partial charge in [-0.2, -0.15) is 0 Å². The predicted molar refractivity (Wildman–Crippen MR) is 64.9 cm³/mol. The highest BCUT2D eigenvalue weighted by atomic mass is 35.5. The first kappa shape index (κ1) is 12.6. The Hall–Kier alpha value is -0.450. The van der Waals surface area contributed by atoms with Gasteiger partial charge in [-0.3, -0.25) is 0 Å². The molecule has 0 atom stereocenters. The lowest BCUT2D eigenvalue weighted by Crippen LogP contribution is -2.27. The summed E-state index contributed by atoms with van der Waals surface area (Å²) in [6.45, 7) is 1.34. The van der Waals surface area contributed by atoms with E-state index in [4.69, 9.17) is 28.3 Å². The van der Waals surface area contributed by atoms with Crippen molar-refractivity contribution in [2.75, 3.05) is 29.7 Å². The minimum absolute atomic E-state index is 0.333. The van der Waals surface area contributed by atoms with Crippen LogP contribution in [0.25, 0.3) is 0 Å². The number of aromatic carboxylic acids is 1. The van der Waals surface area contributed by atoms with Gasteiger partial charge >= 0.3 is 5.97 Å². The molecule has 0 bridgehead atoms. The van der Waals surface area contributed by atoms with Crippen LogP contribution < -0.4 is 4.90 Å². The number of anilines is 1. The lowest BCUT2D eigenvalue weighted by atomic mass is 10.3. The van der Waals surface area contributed by atoms with Crippen LogP contribution in [0, 0.1) is 0 Å². The number of halogens is 2. The molecule has 84 valence electrons. The van der Waals surface area contributed by atoms with Crippen LogP contribution in [0.4, 0.5) is 5.69 Å². The molecule has 0 spiro atoms. The van der Waals surface area contributed by atoms with Gasteiger partial charge in [0.15, 0.2) is 0 Å². The first-order valence-corrected chi connectivity index (χ1v) is 6.32. The number of hydrogen-bond donors (Lipinski definition) is 1. The Labute approximate surface area is 102 Å². The van der Waals surface area contributed by atoms with E-state index in [1.54, 1.807) is 6.07 Å². The third-order valence-electron chi connectivity index (χ3n) is 1.87. The van der Waals surface area contributed by atoms with Crippen molar-refractivity contribution in [1.82, 2.24) is 0 Å². The Morgan fingerprint density at radius 1 is 1.40 bits per heavy atom. The topological polar surface area (TPSA) is 40.5 Å². The number of rotatable bonds is 6. The first-order valence-electron chi connectivity index (χ1n) is 4.37. The van der Waals surface area contributed by atoms with Gasteiger partial charge in [-0.15, -0.1) is 34.5 Å². The summed E-state index contributed by atoms with van der Waals surface area (Å²) in [5.74, 6) is 0.0903. The second kappa shape index (κ2) is 6.20. The van der Waals surface area contributed by atoms with E-state index in [1.165, 1.54) is 11.3 Å². The standard InChI is InChI=1S/C9H11Cl2NO2S/c10-1-3-12(4-2-11)7-5-8(9(13)14)15-6-7/h5-6H,1-4H2,(H,13,14). The van der Waals surface area contributed by atoms with E-state index in [0.29, 0.717) is 29.7 Å². The number of thiophene rings is 1. The molecule has 1 aromatic heterocycles. The Bertz CT molecular complexity index is 324. The predicted octanol–water partition coefficient (Wildman–Crippen LogP) is 2.73. The van der Waals surface area contributed by atoms with Crippen LogP contribution >= 0.6 is 34.5 Å². The van der Waals surface area contributed by atoms with Gasteiger partial charge in [-0.05, 0) is 6.07 Å². The molecule has 1 aromatic rings. The molecule has 0 saturated heterocycles. The normalized spacial score (nSPS) is 10.3. The smallest absolute Gasteiger partial charge is 0.345 e. The fourth-order valence-corrected chi connectivity index (χ4v) is 2.34. The van der Waals surface area contributed by atoms with E-state index in [-0.39, 0.29) is 0 Å². The Balaban J connectivity index is 2.76. The summed E-state index contributed by atoms with van der Waals surface area (Å²) in [6.07, 6.45) is 0. The zero-order valence-electron chi connectivity index (χ0n) is 7.95. The molecule has 0 saturated carbocycles. The number of carboxylic acid groups (broad SMARTS) is 1. The molecule has 0 aliphatic carbocycles. The maximum atomic E-state index is 10.7. The maximum absolute atomic E-state index is 10.7. The molecule has 0 unspecified atom stereocenters. The highest BCUT2D eigenvalue weighted by Gasteiger charge is 2.11. The minimum atomic E-state index is -0.900. The molecule has 0 fully saturated rings. The quantitative estimate of drug-likeness (QED) is 0.806. The summed E-state index contributed by atoms with van der Waals surface area (Å²) in [5, 5.41) is 10.6. The van der Waals surface area contributed by atoms with Crippen LogP contribution in [-0.2, 0) is 0 Å². The van der Waals surface area contributed by atoms with Gasteiger partial charge in [0.2, 0.25) is 0 Å². The van der Waals surface area contributed by atoms with Gasteiger partial charge in [-0.1, -0.05) is 0 Å². The number of hydrogen-bond acceptors (Lipinski definition) is 3. The van der Waals surface area contributed by atoms with Crippen molar-refractivity contribution >= 4 is 46.2 Å². The van der Waals surface area contributed by atoms with Crippen LogP contribution in [-0.4, -0.2) is 35.9 Å².